The Morgan fingerprint density at radius 3 is 2.84 bits per heavy atom. The molecule has 2 aliphatic heterocycles. The molecule has 0 atom stereocenters. The Hall–Kier alpha value is -2.83. The zero-order valence-corrected chi connectivity index (χ0v) is 19.1. The number of aromatic nitrogens is 2. The van der Waals surface area contributed by atoms with Crippen molar-refractivity contribution < 1.29 is 4.79 Å². The average molecular weight is 450 g/mol. The molecule has 2 aliphatic rings. The van der Waals surface area contributed by atoms with E-state index in [1.54, 1.807) is 4.90 Å². The Labute approximate surface area is 193 Å². The van der Waals surface area contributed by atoms with E-state index < -0.39 is 0 Å². The third-order valence-electron chi connectivity index (χ3n) is 6.47. The van der Waals surface area contributed by atoms with Gasteiger partial charge in [-0.2, -0.15) is 5.10 Å². The molecule has 5 rings (SSSR count). The maximum Gasteiger partial charge on any atom is 0.328 e. The number of halogens is 1. The minimum atomic E-state index is 0.0359. The van der Waals surface area contributed by atoms with Crippen LogP contribution in [0.15, 0.2) is 54.9 Å². The van der Waals surface area contributed by atoms with Gasteiger partial charge >= 0.3 is 6.03 Å². The van der Waals surface area contributed by atoms with Crippen LogP contribution in [0.5, 0.6) is 0 Å². The Bertz CT molecular complexity index is 1160. The van der Waals surface area contributed by atoms with Gasteiger partial charge in [-0.1, -0.05) is 35.9 Å². The van der Waals surface area contributed by atoms with Crippen molar-refractivity contribution in [2.75, 3.05) is 31.1 Å². The lowest BCUT2D eigenvalue weighted by molar-refractivity contribution is 0.192. The summed E-state index contributed by atoms with van der Waals surface area (Å²) in [5, 5.41) is 9.54. The van der Waals surface area contributed by atoms with Crippen molar-refractivity contribution in [2.45, 2.75) is 26.3 Å². The molecule has 2 amide bonds. The number of fused-ring (bicyclic) bond motifs is 1. The van der Waals surface area contributed by atoms with Gasteiger partial charge < -0.3 is 10.2 Å². The van der Waals surface area contributed by atoms with E-state index in [-0.39, 0.29) is 6.03 Å². The SMILES string of the molecule is CCn1ncc2ccc(-c3cccc(N4C=CCN(CC5CCNCC5)C4=O)c3)c(Cl)c21. The third kappa shape index (κ3) is 3.89. The number of benzene rings is 2. The van der Waals surface area contributed by atoms with Crippen molar-refractivity contribution in [1.29, 1.82) is 0 Å². The first-order valence-electron chi connectivity index (χ1n) is 11.4. The standard InChI is InChI=1S/C25H28ClN5O/c1-2-31-24-20(16-28-31)7-8-22(23(24)26)19-5-3-6-21(15-19)30-14-4-13-29(25(30)32)17-18-9-11-27-12-10-18/h3-8,14-16,18,27H,2,9-13,17H2,1H3. The number of hydrogen-bond acceptors (Lipinski definition) is 3. The molecule has 0 saturated carbocycles. The number of nitrogens with one attached hydrogen (secondary N) is 1. The fourth-order valence-electron chi connectivity index (χ4n) is 4.72. The van der Waals surface area contributed by atoms with Gasteiger partial charge in [0.05, 0.1) is 22.4 Å². The van der Waals surface area contributed by atoms with Gasteiger partial charge in [0.2, 0.25) is 0 Å². The Kier molecular flexibility index (Phi) is 5.89. The molecule has 0 spiro atoms. The van der Waals surface area contributed by atoms with Crippen LogP contribution in [0.3, 0.4) is 0 Å². The first kappa shape index (κ1) is 21.0. The molecule has 1 N–H and O–H groups in total. The van der Waals surface area contributed by atoms with Crippen LogP contribution in [-0.2, 0) is 6.54 Å². The maximum atomic E-state index is 13.3. The van der Waals surface area contributed by atoms with Gasteiger partial charge in [-0.25, -0.2) is 4.79 Å². The fourth-order valence-corrected chi connectivity index (χ4v) is 5.10. The summed E-state index contributed by atoms with van der Waals surface area (Å²) in [6, 6.07) is 12.1. The van der Waals surface area contributed by atoms with E-state index >= 15 is 0 Å². The number of carbonyl (C=O) groups excluding carboxylic acids is 1. The molecule has 166 valence electrons. The van der Waals surface area contributed by atoms with Gasteiger partial charge in [0, 0.05) is 36.8 Å². The minimum Gasteiger partial charge on any atom is -0.320 e. The van der Waals surface area contributed by atoms with E-state index in [1.807, 2.05) is 52.3 Å². The summed E-state index contributed by atoms with van der Waals surface area (Å²) in [4.78, 5) is 17.0. The number of urea groups is 1. The van der Waals surface area contributed by atoms with Crippen molar-refractivity contribution in [3.05, 3.63) is 59.9 Å². The number of aryl methyl sites for hydroxylation is 1. The predicted octanol–water partition coefficient (Wildman–Crippen LogP) is 5.13. The van der Waals surface area contributed by atoms with E-state index in [0.29, 0.717) is 17.5 Å². The smallest absolute Gasteiger partial charge is 0.320 e. The van der Waals surface area contributed by atoms with Gasteiger partial charge in [-0.05, 0) is 62.5 Å². The average Bonchev–Trinajstić information content (AvgIpc) is 3.26. The molecule has 1 aromatic heterocycles. The van der Waals surface area contributed by atoms with Crippen LogP contribution in [0.2, 0.25) is 5.02 Å². The van der Waals surface area contributed by atoms with E-state index in [1.165, 1.54) is 0 Å². The summed E-state index contributed by atoms with van der Waals surface area (Å²) < 4.78 is 1.92. The second kappa shape index (κ2) is 8.96. The van der Waals surface area contributed by atoms with Crippen molar-refractivity contribution in [1.82, 2.24) is 20.0 Å². The number of piperidine rings is 1. The van der Waals surface area contributed by atoms with Crippen molar-refractivity contribution in [3.63, 3.8) is 0 Å². The van der Waals surface area contributed by atoms with Crippen molar-refractivity contribution >= 4 is 34.2 Å². The van der Waals surface area contributed by atoms with Crippen LogP contribution in [0.4, 0.5) is 10.5 Å². The zero-order chi connectivity index (χ0) is 22.1. The first-order valence-corrected chi connectivity index (χ1v) is 11.7. The number of amides is 2. The number of nitrogens with zero attached hydrogens (tertiary/aromatic N) is 4. The van der Waals surface area contributed by atoms with Crippen LogP contribution in [0.25, 0.3) is 22.0 Å². The van der Waals surface area contributed by atoms with Crippen LogP contribution in [0.1, 0.15) is 19.8 Å². The van der Waals surface area contributed by atoms with E-state index in [2.05, 4.69) is 29.5 Å². The molecule has 0 radical (unpaired) electrons. The molecule has 0 aliphatic carbocycles. The number of rotatable bonds is 5. The van der Waals surface area contributed by atoms with Crippen LogP contribution >= 0.6 is 11.6 Å². The highest BCUT2D eigenvalue weighted by Gasteiger charge is 2.27. The number of hydrogen-bond donors (Lipinski definition) is 1. The molecule has 1 fully saturated rings. The minimum absolute atomic E-state index is 0.0359. The summed E-state index contributed by atoms with van der Waals surface area (Å²) in [5.74, 6) is 0.564. The number of carbonyl (C=O) groups is 1. The molecule has 32 heavy (non-hydrogen) atoms. The summed E-state index contributed by atoms with van der Waals surface area (Å²) in [7, 11) is 0. The normalized spacial score (nSPS) is 17.5. The van der Waals surface area contributed by atoms with Gasteiger partial charge in [0.15, 0.2) is 0 Å². The number of anilines is 1. The Morgan fingerprint density at radius 1 is 1.19 bits per heavy atom. The predicted molar refractivity (Wildman–Crippen MR) is 130 cm³/mol. The molecule has 0 unspecified atom stereocenters. The molecule has 3 aromatic rings. The van der Waals surface area contributed by atoms with E-state index in [4.69, 9.17) is 11.6 Å². The highest BCUT2D eigenvalue weighted by molar-refractivity contribution is 6.38. The van der Waals surface area contributed by atoms with Crippen molar-refractivity contribution in [2.24, 2.45) is 5.92 Å². The van der Waals surface area contributed by atoms with Gasteiger partial charge in [-0.3, -0.25) is 9.58 Å². The van der Waals surface area contributed by atoms with Gasteiger partial charge in [-0.15, -0.1) is 0 Å². The zero-order valence-electron chi connectivity index (χ0n) is 18.3. The quantitative estimate of drug-likeness (QED) is 0.587. The molecule has 0 bridgehead atoms. The van der Waals surface area contributed by atoms with Gasteiger partial charge in [0.1, 0.15) is 0 Å². The highest BCUT2D eigenvalue weighted by Crippen LogP contribution is 2.36. The molecular formula is C25H28ClN5O. The Morgan fingerprint density at radius 2 is 2.03 bits per heavy atom. The topological polar surface area (TPSA) is 53.4 Å². The molecule has 3 heterocycles. The fraction of sp³-hybridized carbons (Fsp3) is 0.360. The maximum absolute atomic E-state index is 13.3. The Balaban J connectivity index is 1.43. The monoisotopic (exact) mass is 449 g/mol. The first-order chi connectivity index (χ1) is 15.7. The largest absolute Gasteiger partial charge is 0.328 e. The second-order valence-electron chi connectivity index (χ2n) is 8.51. The molecular weight excluding hydrogens is 422 g/mol. The molecule has 1 saturated heterocycles. The highest BCUT2D eigenvalue weighted by atomic mass is 35.5. The molecule has 7 heteroatoms. The van der Waals surface area contributed by atoms with E-state index in [0.717, 1.165) is 66.7 Å². The summed E-state index contributed by atoms with van der Waals surface area (Å²) in [6.07, 6.45) is 8.04. The van der Waals surface area contributed by atoms with E-state index in [9.17, 15) is 4.79 Å². The van der Waals surface area contributed by atoms with Crippen LogP contribution < -0.4 is 10.2 Å². The summed E-state index contributed by atoms with van der Waals surface area (Å²) >= 11 is 6.83. The molecule has 6 nitrogen and oxygen atoms in total. The van der Waals surface area contributed by atoms with Crippen LogP contribution in [0, 0.1) is 5.92 Å². The van der Waals surface area contributed by atoms with Crippen LogP contribution in [-0.4, -0.2) is 46.9 Å². The lowest BCUT2D eigenvalue weighted by Gasteiger charge is -2.35. The molecule has 2 aromatic carbocycles. The second-order valence-corrected chi connectivity index (χ2v) is 8.89. The lowest BCUT2D eigenvalue weighted by atomic mass is 9.97. The van der Waals surface area contributed by atoms with Crippen molar-refractivity contribution in [3.8, 4) is 11.1 Å². The summed E-state index contributed by atoms with van der Waals surface area (Å²) in [5.41, 5.74) is 3.71. The lowest BCUT2D eigenvalue weighted by Crippen LogP contribution is -2.47. The van der Waals surface area contributed by atoms with Gasteiger partial charge in [0.25, 0.3) is 0 Å². The summed E-state index contributed by atoms with van der Waals surface area (Å²) in [6.45, 7) is 6.37. The third-order valence-corrected chi connectivity index (χ3v) is 6.85.